The number of benzene rings is 2. The summed E-state index contributed by atoms with van der Waals surface area (Å²) < 4.78 is 5.16. The molecule has 132 valence electrons. The van der Waals surface area contributed by atoms with E-state index >= 15 is 0 Å². The second-order valence-corrected chi connectivity index (χ2v) is 6.69. The number of thiophene rings is 1. The smallest absolute Gasteiger partial charge is 0.265 e. The highest BCUT2D eigenvalue weighted by molar-refractivity contribution is 7.17. The SMILES string of the molecule is COc1ccc(-c2ccc(C(=O)Nc3ccc(NC(C)=O)cc3)s2)cc1. The quantitative estimate of drug-likeness (QED) is 0.691. The fourth-order valence-corrected chi connectivity index (χ4v) is 3.31. The van der Waals surface area contributed by atoms with Crippen LogP contribution in [-0.2, 0) is 4.79 Å². The number of hydrogen-bond donors (Lipinski definition) is 2. The lowest BCUT2D eigenvalue weighted by atomic mass is 10.2. The molecule has 0 aliphatic heterocycles. The van der Waals surface area contributed by atoms with Crippen molar-refractivity contribution in [2.45, 2.75) is 6.92 Å². The van der Waals surface area contributed by atoms with Crippen LogP contribution in [0, 0.1) is 0 Å². The Bertz CT molecular complexity index is 915. The van der Waals surface area contributed by atoms with Crippen LogP contribution in [0.2, 0.25) is 0 Å². The van der Waals surface area contributed by atoms with Crippen LogP contribution < -0.4 is 15.4 Å². The van der Waals surface area contributed by atoms with Crippen molar-refractivity contribution in [1.82, 2.24) is 0 Å². The summed E-state index contributed by atoms with van der Waals surface area (Å²) in [6.07, 6.45) is 0. The van der Waals surface area contributed by atoms with Crippen molar-refractivity contribution in [3.8, 4) is 16.2 Å². The molecule has 5 nitrogen and oxygen atoms in total. The minimum atomic E-state index is -0.165. The van der Waals surface area contributed by atoms with Crippen LogP contribution in [0.1, 0.15) is 16.6 Å². The maximum atomic E-state index is 12.4. The van der Waals surface area contributed by atoms with E-state index in [1.54, 1.807) is 31.4 Å². The Balaban J connectivity index is 1.68. The molecular weight excluding hydrogens is 348 g/mol. The summed E-state index contributed by atoms with van der Waals surface area (Å²) in [5.74, 6) is 0.499. The van der Waals surface area contributed by atoms with E-state index in [2.05, 4.69) is 10.6 Å². The maximum Gasteiger partial charge on any atom is 0.265 e. The maximum absolute atomic E-state index is 12.4. The molecule has 26 heavy (non-hydrogen) atoms. The van der Waals surface area contributed by atoms with Crippen LogP contribution >= 0.6 is 11.3 Å². The lowest BCUT2D eigenvalue weighted by molar-refractivity contribution is -0.114. The van der Waals surface area contributed by atoms with E-state index in [4.69, 9.17) is 4.74 Å². The normalized spacial score (nSPS) is 10.2. The van der Waals surface area contributed by atoms with Crippen LogP contribution in [0.5, 0.6) is 5.75 Å². The first kappa shape index (κ1) is 17.7. The molecule has 0 radical (unpaired) electrons. The van der Waals surface area contributed by atoms with Crippen LogP contribution in [0.25, 0.3) is 10.4 Å². The van der Waals surface area contributed by atoms with Crippen LogP contribution in [-0.4, -0.2) is 18.9 Å². The molecule has 0 saturated heterocycles. The second kappa shape index (κ2) is 7.84. The van der Waals surface area contributed by atoms with Crippen molar-refractivity contribution in [2.24, 2.45) is 0 Å². The molecule has 0 spiro atoms. The van der Waals surface area contributed by atoms with Crippen molar-refractivity contribution in [2.75, 3.05) is 17.7 Å². The molecule has 0 aliphatic rings. The fraction of sp³-hybridized carbons (Fsp3) is 0.100. The molecule has 2 amide bonds. The van der Waals surface area contributed by atoms with Gasteiger partial charge in [0.2, 0.25) is 5.91 Å². The van der Waals surface area contributed by atoms with E-state index in [0.29, 0.717) is 16.3 Å². The highest BCUT2D eigenvalue weighted by atomic mass is 32.1. The van der Waals surface area contributed by atoms with Gasteiger partial charge in [-0.05, 0) is 66.2 Å². The van der Waals surface area contributed by atoms with Gasteiger partial charge in [-0.1, -0.05) is 0 Å². The monoisotopic (exact) mass is 366 g/mol. The van der Waals surface area contributed by atoms with E-state index in [1.807, 2.05) is 36.4 Å². The highest BCUT2D eigenvalue weighted by Crippen LogP contribution is 2.30. The molecule has 3 rings (SSSR count). The molecule has 2 aromatic carbocycles. The van der Waals surface area contributed by atoms with E-state index in [-0.39, 0.29) is 11.8 Å². The Kier molecular flexibility index (Phi) is 5.34. The number of anilines is 2. The number of rotatable bonds is 5. The standard InChI is InChI=1S/C20H18N2O3S/c1-13(23)21-15-5-7-16(8-6-15)22-20(24)19-12-11-18(26-19)14-3-9-17(25-2)10-4-14/h3-12H,1-2H3,(H,21,23)(H,22,24). The highest BCUT2D eigenvalue weighted by Gasteiger charge is 2.11. The first-order valence-electron chi connectivity index (χ1n) is 7.98. The largest absolute Gasteiger partial charge is 0.497 e. The van der Waals surface area contributed by atoms with Gasteiger partial charge in [0.25, 0.3) is 5.91 Å². The molecule has 0 unspecified atom stereocenters. The van der Waals surface area contributed by atoms with Gasteiger partial charge in [-0.2, -0.15) is 0 Å². The molecule has 0 saturated carbocycles. The lowest BCUT2D eigenvalue weighted by Crippen LogP contribution is -2.10. The summed E-state index contributed by atoms with van der Waals surface area (Å²) in [6.45, 7) is 1.45. The molecule has 2 N–H and O–H groups in total. The number of nitrogens with one attached hydrogen (secondary N) is 2. The average molecular weight is 366 g/mol. The Morgan fingerprint density at radius 1 is 0.846 bits per heavy atom. The zero-order valence-electron chi connectivity index (χ0n) is 14.4. The van der Waals surface area contributed by atoms with Gasteiger partial charge in [0, 0.05) is 23.2 Å². The molecule has 1 aromatic heterocycles. The average Bonchev–Trinajstić information content (AvgIpc) is 3.13. The van der Waals surface area contributed by atoms with Crippen molar-refractivity contribution in [3.05, 3.63) is 65.5 Å². The molecule has 0 atom stereocenters. The number of hydrogen-bond acceptors (Lipinski definition) is 4. The van der Waals surface area contributed by atoms with E-state index in [9.17, 15) is 9.59 Å². The Labute approximate surface area is 155 Å². The van der Waals surface area contributed by atoms with Crippen LogP contribution in [0.4, 0.5) is 11.4 Å². The Hall–Kier alpha value is -3.12. The number of carbonyl (C=O) groups is 2. The van der Waals surface area contributed by atoms with Gasteiger partial charge < -0.3 is 15.4 Å². The third-order valence-electron chi connectivity index (χ3n) is 3.67. The summed E-state index contributed by atoms with van der Waals surface area (Å²) in [5.41, 5.74) is 2.39. The first-order chi connectivity index (χ1) is 12.5. The fourth-order valence-electron chi connectivity index (χ4n) is 2.40. The molecule has 6 heteroatoms. The van der Waals surface area contributed by atoms with Gasteiger partial charge >= 0.3 is 0 Å². The molecular formula is C20H18N2O3S. The van der Waals surface area contributed by atoms with Gasteiger partial charge in [-0.3, -0.25) is 9.59 Å². The van der Waals surface area contributed by atoms with Gasteiger partial charge in [-0.15, -0.1) is 11.3 Å². The topological polar surface area (TPSA) is 67.4 Å². The summed E-state index contributed by atoms with van der Waals surface area (Å²) in [4.78, 5) is 25.1. The van der Waals surface area contributed by atoms with Crippen LogP contribution in [0.15, 0.2) is 60.7 Å². The first-order valence-corrected chi connectivity index (χ1v) is 8.80. The molecule has 0 fully saturated rings. The lowest BCUT2D eigenvalue weighted by Gasteiger charge is -2.06. The van der Waals surface area contributed by atoms with Crippen LogP contribution in [0.3, 0.4) is 0 Å². The Morgan fingerprint density at radius 3 is 2.04 bits per heavy atom. The molecule has 0 aliphatic carbocycles. The third-order valence-corrected chi connectivity index (χ3v) is 4.80. The number of carbonyl (C=O) groups excluding carboxylic acids is 2. The van der Waals surface area contributed by atoms with Crippen molar-refractivity contribution in [3.63, 3.8) is 0 Å². The van der Waals surface area contributed by atoms with E-state index in [0.717, 1.165) is 16.2 Å². The number of amides is 2. The zero-order chi connectivity index (χ0) is 18.5. The molecule has 3 aromatic rings. The Morgan fingerprint density at radius 2 is 1.46 bits per heavy atom. The van der Waals surface area contributed by atoms with Gasteiger partial charge in [-0.25, -0.2) is 0 Å². The summed E-state index contributed by atoms with van der Waals surface area (Å²) in [5, 5.41) is 5.55. The third kappa shape index (κ3) is 4.29. The van der Waals surface area contributed by atoms with Crippen molar-refractivity contribution < 1.29 is 14.3 Å². The minimum absolute atomic E-state index is 0.133. The predicted molar refractivity (Wildman–Crippen MR) is 105 cm³/mol. The van der Waals surface area contributed by atoms with E-state index in [1.165, 1.54) is 18.3 Å². The van der Waals surface area contributed by atoms with Gasteiger partial charge in [0.1, 0.15) is 5.75 Å². The summed E-state index contributed by atoms with van der Waals surface area (Å²) in [6, 6.07) is 18.5. The molecule has 0 bridgehead atoms. The zero-order valence-corrected chi connectivity index (χ0v) is 15.2. The second-order valence-electron chi connectivity index (χ2n) is 5.61. The number of methoxy groups -OCH3 is 1. The summed E-state index contributed by atoms with van der Waals surface area (Å²) in [7, 11) is 1.63. The van der Waals surface area contributed by atoms with Gasteiger partial charge in [0.05, 0.1) is 12.0 Å². The van der Waals surface area contributed by atoms with Gasteiger partial charge in [0.15, 0.2) is 0 Å². The minimum Gasteiger partial charge on any atom is -0.497 e. The van der Waals surface area contributed by atoms with E-state index < -0.39 is 0 Å². The van der Waals surface area contributed by atoms with Crippen molar-refractivity contribution >= 4 is 34.5 Å². The van der Waals surface area contributed by atoms with Crippen molar-refractivity contribution in [1.29, 1.82) is 0 Å². The number of ether oxygens (including phenoxy) is 1. The predicted octanol–water partition coefficient (Wildman–Crippen LogP) is 4.63. The molecule has 1 heterocycles. The summed E-state index contributed by atoms with van der Waals surface area (Å²) >= 11 is 1.43.